The molecule has 3 heteroatoms. The lowest BCUT2D eigenvalue weighted by Gasteiger charge is -2.11. The minimum Gasteiger partial charge on any atom is -0.474 e. The molecule has 0 saturated heterocycles. The molecule has 84 valence electrons. The molecule has 0 atom stereocenters. The lowest BCUT2D eigenvalue weighted by molar-refractivity contribution is 0.201. The summed E-state index contributed by atoms with van der Waals surface area (Å²) in [5.41, 5.74) is 0.961. The second kappa shape index (κ2) is 6.38. The van der Waals surface area contributed by atoms with Crippen molar-refractivity contribution in [3.8, 4) is 5.88 Å². The fourth-order valence-corrected chi connectivity index (χ4v) is 1.67. The number of hydrogen-bond donors (Lipinski definition) is 0. The van der Waals surface area contributed by atoms with Gasteiger partial charge in [0.15, 0.2) is 0 Å². The molecule has 15 heavy (non-hydrogen) atoms. The van der Waals surface area contributed by atoms with E-state index in [4.69, 9.17) is 4.74 Å². The first-order chi connectivity index (χ1) is 7.34. The molecule has 1 aromatic heterocycles. The van der Waals surface area contributed by atoms with Crippen molar-refractivity contribution in [1.29, 1.82) is 0 Å². The summed E-state index contributed by atoms with van der Waals surface area (Å²) in [5.74, 6) is 0.722. The SMILES string of the molecule is CC.Cc1cc(OC2CCCC2)ncn1. The summed E-state index contributed by atoms with van der Waals surface area (Å²) in [5, 5.41) is 0. The minimum atomic E-state index is 0.384. The maximum atomic E-state index is 5.70. The zero-order chi connectivity index (χ0) is 11.1. The fraction of sp³-hybridized carbons (Fsp3) is 0.667. The molecule has 3 nitrogen and oxygen atoms in total. The Hall–Kier alpha value is -1.12. The van der Waals surface area contributed by atoms with Crippen molar-refractivity contribution in [2.24, 2.45) is 0 Å². The second-order valence-electron chi connectivity index (χ2n) is 3.52. The standard InChI is InChI=1S/C10H14N2O.C2H6/c1-8-6-10(12-7-11-8)13-9-4-2-3-5-9;1-2/h6-7,9H,2-5H2,1H3;1-2H3. The number of aromatic nitrogens is 2. The fourth-order valence-electron chi connectivity index (χ4n) is 1.67. The lowest BCUT2D eigenvalue weighted by Crippen LogP contribution is -2.11. The molecule has 0 bridgehead atoms. The van der Waals surface area contributed by atoms with Crippen LogP contribution in [0.15, 0.2) is 12.4 Å². The van der Waals surface area contributed by atoms with Crippen LogP contribution in [-0.4, -0.2) is 16.1 Å². The van der Waals surface area contributed by atoms with Gasteiger partial charge in [-0.3, -0.25) is 0 Å². The lowest BCUT2D eigenvalue weighted by atomic mass is 10.3. The average Bonchev–Trinajstić information content (AvgIpc) is 2.74. The van der Waals surface area contributed by atoms with Gasteiger partial charge in [-0.15, -0.1) is 0 Å². The Morgan fingerprint density at radius 2 is 1.87 bits per heavy atom. The van der Waals surface area contributed by atoms with Gasteiger partial charge in [-0.05, 0) is 32.6 Å². The van der Waals surface area contributed by atoms with E-state index in [9.17, 15) is 0 Å². The first kappa shape index (κ1) is 12.0. The van der Waals surface area contributed by atoms with Crippen LogP contribution in [0.2, 0.25) is 0 Å². The van der Waals surface area contributed by atoms with Crippen LogP contribution in [0.3, 0.4) is 0 Å². The third-order valence-corrected chi connectivity index (χ3v) is 2.37. The van der Waals surface area contributed by atoms with Gasteiger partial charge in [0.25, 0.3) is 0 Å². The molecule has 0 unspecified atom stereocenters. The van der Waals surface area contributed by atoms with Crippen molar-refractivity contribution in [2.75, 3.05) is 0 Å². The summed E-state index contributed by atoms with van der Waals surface area (Å²) in [7, 11) is 0. The Labute approximate surface area is 91.9 Å². The molecular weight excluding hydrogens is 188 g/mol. The summed E-state index contributed by atoms with van der Waals surface area (Å²) < 4.78 is 5.70. The van der Waals surface area contributed by atoms with E-state index in [2.05, 4.69) is 9.97 Å². The average molecular weight is 208 g/mol. The number of ether oxygens (including phenoxy) is 1. The van der Waals surface area contributed by atoms with Gasteiger partial charge in [0.05, 0.1) is 0 Å². The molecule has 0 amide bonds. The van der Waals surface area contributed by atoms with E-state index in [1.807, 2.05) is 26.8 Å². The number of nitrogens with zero attached hydrogens (tertiary/aromatic N) is 2. The smallest absolute Gasteiger partial charge is 0.216 e. The first-order valence-corrected chi connectivity index (χ1v) is 5.80. The van der Waals surface area contributed by atoms with E-state index in [0.717, 1.165) is 11.6 Å². The Morgan fingerprint density at radius 1 is 1.20 bits per heavy atom. The molecule has 1 aliphatic rings. The van der Waals surface area contributed by atoms with Crippen LogP contribution < -0.4 is 4.74 Å². The van der Waals surface area contributed by atoms with Gasteiger partial charge in [-0.1, -0.05) is 13.8 Å². The van der Waals surface area contributed by atoms with Crippen molar-refractivity contribution >= 4 is 0 Å². The highest BCUT2D eigenvalue weighted by Crippen LogP contribution is 2.22. The Balaban J connectivity index is 0.000000531. The van der Waals surface area contributed by atoms with E-state index in [1.54, 1.807) is 6.33 Å². The van der Waals surface area contributed by atoms with Gasteiger partial charge < -0.3 is 4.74 Å². The molecule has 0 spiro atoms. The molecule has 2 rings (SSSR count). The summed E-state index contributed by atoms with van der Waals surface area (Å²) in [6, 6.07) is 1.89. The monoisotopic (exact) mass is 208 g/mol. The van der Waals surface area contributed by atoms with Crippen LogP contribution in [0.5, 0.6) is 5.88 Å². The summed E-state index contributed by atoms with van der Waals surface area (Å²) in [6.07, 6.45) is 6.85. The predicted octanol–water partition coefficient (Wildman–Crippen LogP) is 3.13. The summed E-state index contributed by atoms with van der Waals surface area (Å²) in [4.78, 5) is 8.09. The van der Waals surface area contributed by atoms with Crippen LogP contribution in [0.1, 0.15) is 45.2 Å². The molecule has 1 aliphatic carbocycles. The molecule has 0 aliphatic heterocycles. The van der Waals surface area contributed by atoms with Crippen molar-refractivity contribution < 1.29 is 4.74 Å². The van der Waals surface area contributed by atoms with Gasteiger partial charge in [0.1, 0.15) is 12.4 Å². The number of rotatable bonds is 2. The molecule has 0 N–H and O–H groups in total. The molecule has 1 heterocycles. The van der Waals surface area contributed by atoms with Crippen molar-refractivity contribution in [3.05, 3.63) is 18.1 Å². The maximum absolute atomic E-state index is 5.70. The minimum absolute atomic E-state index is 0.384. The Morgan fingerprint density at radius 3 is 2.47 bits per heavy atom. The zero-order valence-corrected chi connectivity index (χ0v) is 9.86. The van der Waals surface area contributed by atoms with Gasteiger partial charge in [0, 0.05) is 11.8 Å². The van der Waals surface area contributed by atoms with Crippen LogP contribution in [0.4, 0.5) is 0 Å². The highest BCUT2D eigenvalue weighted by Gasteiger charge is 2.16. The van der Waals surface area contributed by atoms with Gasteiger partial charge in [-0.25, -0.2) is 9.97 Å². The van der Waals surface area contributed by atoms with Crippen molar-refractivity contribution in [1.82, 2.24) is 9.97 Å². The third kappa shape index (κ3) is 3.86. The van der Waals surface area contributed by atoms with Crippen LogP contribution in [0.25, 0.3) is 0 Å². The van der Waals surface area contributed by atoms with Gasteiger partial charge in [0.2, 0.25) is 5.88 Å². The highest BCUT2D eigenvalue weighted by molar-refractivity contribution is 5.12. The molecular formula is C12H20N2O. The Kier molecular flexibility index (Phi) is 5.08. The zero-order valence-electron chi connectivity index (χ0n) is 9.86. The van der Waals surface area contributed by atoms with Crippen LogP contribution >= 0.6 is 0 Å². The summed E-state index contributed by atoms with van der Waals surface area (Å²) >= 11 is 0. The predicted molar refractivity (Wildman–Crippen MR) is 61.0 cm³/mol. The summed E-state index contributed by atoms with van der Waals surface area (Å²) in [6.45, 7) is 5.95. The normalized spacial score (nSPS) is 15.7. The van der Waals surface area contributed by atoms with Crippen molar-refractivity contribution in [3.63, 3.8) is 0 Å². The Bertz CT molecular complexity index is 283. The van der Waals surface area contributed by atoms with Gasteiger partial charge >= 0.3 is 0 Å². The van der Waals surface area contributed by atoms with E-state index in [0.29, 0.717) is 6.10 Å². The quantitative estimate of drug-likeness (QED) is 0.749. The van der Waals surface area contributed by atoms with E-state index in [1.165, 1.54) is 25.7 Å². The van der Waals surface area contributed by atoms with Crippen molar-refractivity contribution in [2.45, 2.75) is 52.6 Å². The molecule has 0 aromatic carbocycles. The second-order valence-corrected chi connectivity index (χ2v) is 3.52. The van der Waals surface area contributed by atoms with E-state index in [-0.39, 0.29) is 0 Å². The number of hydrogen-bond acceptors (Lipinski definition) is 3. The number of aryl methyl sites for hydroxylation is 1. The topological polar surface area (TPSA) is 35.0 Å². The largest absolute Gasteiger partial charge is 0.474 e. The van der Waals surface area contributed by atoms with Crippen LogP contribution in [0, 0.1) is 6.92 Å². The molecule has 1 fully saturated rings. The van der Waals surface area contributed by atoms with Crippen LogP contribution in [-0.2, 0) is 0 Å². The molecule has 1 saturated carbocycles. The first-order valence-electron chi connectivity index (χ1n) is 5.80. The third-order valence-electron chi connectivity index (χ3n) is 2.37. The van der Waals surface area contributed by atoms with Gasteiger partial charge in [-0.2, -0.15) is 0 Å². The maximum Gasteiger partial charge on any atom is 0.216 e. The molecule has 1 aromatic rings. The molecule has 0 radical (unpaired) electrons. The van der Waals surface area contributed by atoms with E-state index < -0.39 is 0 Å². The van der Waals surface area contributed by atoms with E-state index >= 15 is 0 Å². The highest BCUT2D eigenvalue weighted by atomic mass is 16.5.